The zero-order valence-electron chi connectivity index (χ0n) is 12.1. The number of phenolic OH excluding ortho intramolecular Hbond substituents is 1. The number of aromatic hydroxyl groups is 1. The second-order valence-corrected chi connectivity index (χ2v) is 5.51. The van der Waals surface area contributed by atoms with Crippen molar-refractivity contribution < 1.29 is 29.6 Å². The molecule has 0 heterocycles. The lowest BCUT2D eigenvalue weighted by Gasteiger charge is -2.20. The first-order valence-electron chi connectivity index (χ1n) is 6.31. The van der Waals surface area contributed by atoms with Crippen LogP contribution in [0.4, 0.5) is 10.5 Å². The molecule has 116 valence electrons. The third kappa shape index (κ3) is 5.70. The first-order valence-corrected chi connectivity index (χ1v) is 6.31. The molecule has 1 rings (SSSR count). The summed E-state index contributed by atoms with van der Waals surface area (Å²) in [6.07, 6.45) is -2.61. The van der Waals surface area contributed by atoms with Crippen LogP contribution < -0.4 is 5.32 Å². The van der Waals surface area contributed by atoms with Crippen LogP contribution in [0.5, 0.6) is 5.75 Å². The molecule has 4 N–H and O–H groups in total. The number of carbonyl (C=O) groups excluding carboxylic acids is 1. The van der Waals surface area contributed by atoms with Gasteiger partial charge in [-0.2, -0.15) is 0 Å². The summed E-state index contributed by atoms with van der Waals surface area (Å²) in [7, 11) is 0. The van der Waals surface area contributed by atoms with Gasteiger partial charge in [0, 0.05) is 11.3 Å². The fraction of sp³-hybridized carbons (Fsp3) is 0.429. The minimum absolute atomic E-state index is 0.0194. The van der Waals surface area contributed by atoms with Gasteiger partial charge in [0.15, 0.2) is 0 Å². The SMILES string of the molecule is CC(C)(C)OC(=O)Nc1ccc(O)c(C(O)CC(=O)O)c1. The molecule has 1 atom stereocenters. The lowest BCUT2D eigenvalue weighted by molar-refractivity contribution is -0.139. The number of benzene rings is 1. The molecule has 0 aliphatic rings. The van der Waals surface area contributed by atoms with Crippen LogP contribution in [0.3, 0.4) is 0 Å². The highest BCUT2D eigenvalue weighted by Crippen LogP contribution is 2.29. The lowest BCUT2D eigenvalue weighted by atomic mass is 10.0. The summed E-state index contributed by atoms with van der Waals surface area (Å²) in [5.74, 6) is -1.45. The zero-order valence-corrected chi connectivity index (χ0v) is 12.1. The van der Waals surface area contributed by atoms with Crippen molar-refractivity contribution in [2.75, 3.05) is 5.32 Å². The fourth-order valence-electron chi connectivity index (χ4n) is 1.60. The minimum Gasteiger partial charge on any atom is -0.508 e. The molecule has 0 saturated carbocycles. The second-order valence-electron chi connectivity index (χ2n) is 5.51. The van der Waals surface area contributed by atoms with Gasteiger partial charge < -0.3 is 20.1 Å². The van der Waals surface area contributed by atoms with Crippen molar-refractivity contribution in [3.8, 4) is 5.75 Å². The van der Waals surface area contributed by atoms with Gasteiger partial charge in [0.1, 0.15) is 11.4 Å². The topological polar surface area (TPSA) is 116 Å². The standard InChI is InChI=1S/C14H19NO6/c1-14(2,3)21-13(20)15-8-4-5-10(16)9(6-8)11(17)7-12(18)19/h4-6,11,16-17H,7H2,1-3H3,(H,15,20)(H,18,19). The van der Waals surface area contributed by atoms with Crippen LogP contribution in [0, 0.1) is 0 Å². The summed E-state index contributed by atoms with van der Waals surface area (Å²) in [5, 5.41) is 30.5. The Hall–Kier alpha value is -2.28. The van der Waals surface area contributed by atoms with Gasteiger partial charge in [0.05, 0.1) is 12.5 Å². The van der Waals surface area contributed by atoms with Crippen molar-refractivity contribution in [1.82, 2.24) is 0 Å². The number of anilines is 1. The number of aliphatic carboxylic acids is 1. The van der Waals surface area contributed by atoms with Crippen molar-refractivity contribution in [2.45, 2.75) is 38.9 Å². The Labute approximate surface area is 122 Å². The Balaban J connectivity index is 2.86. The van der Waals surface area contributed by atoms with E-state index >= 15 is 0 Å². The number of ether oxygens (including phenoxy) is 1. The zero-order chi connectivity index (χ0) is 16.2. The van der Waals surface area contributed by atoms with E-state index < -0.39 is 30.2 Å². The van der Waals surface area contributed by atoms with Crippen LogP contribution in [-0.2, 0) is 9.53 Å². The number of phenols is 1. The fourth-order valence-corrected chi connectivity index (χ4v) is 1.60. The Bertz CT molecular complexity index is 535. The van der Waals surface area contributed by atoms with Crippen LogP contribution in [0.15, 0.2) is 18.2 Å². The third-order valence-electron chi connectivity index (χ3n) is 2.40. The van der Waals surface area contributed by atoms with Crippen molar-refractivity contribution in [2.24, 2.45) is 0 Å². The predicted molar refractivity (Wildman–Crippen MR) is 75.2 cm³/mol. The number of carboxylic acid groups (broad SMARTS) is 1. The number of hydrogen-bond donors (Lipinski definition) is 4. The normalized spacial score (nSPS) is 12.6. The van der Waals surface area contributed by atoms with Gasteiger partial charge in [-0.05, 0) is 39.0 Å². The molecule has 21 heavy (non-hydrogen) atoms. The maximum Gasteiger partial charge on any atom is 0.412 e. The molecule has 0 aromatic heterocycles. The number of carbonyl (C=O) groups is 2. The van der Waals surface area contributed by atoms with Gasteiger partial charge in [-0.3, -0.25) is 10.1 Å². The molecule has 1 unspecified atom stereocenters. The predicted octanol–water partition coefficient (Wildman–Crippen LogP) is 2.25. The van der Waals surface area contributed by atoms with E-state index in [1.165, 1.54) is 18.2 Å². The molecule has 0 saturated heterocycles. The van der Waals surface area contributed by atoms with Crippen molar-refractivity contribution in [1.29, 1.82) is 0 Å². The number of nitrogens with one attached hydrogen (secondary N) is 1. The summed E-state index contributed by atoms with van der Waals surface area (Å²) >= 11 is 0. The molecule has 7 heteroatoms. The van der Waals surface area contributed by atoms with Gasteiger partial charge in [-0.1, -0.05) is 0 Å². The minimum atomic E-state index is -1.37. The highest BCUT2D eigenvalue weighted by molar-refractivity contribution is 5.85. The molecule has 0 fully saturated rings. The Morgan fingerprint density at radius 3 is 2.48 bits per heavy atom. The second kappa shape index (κ2) is 6.45. The number of aliphatic hydroxyl groups is 1. The van der Waals surface area contributed by atoms with E-state index in [9.17, 15) is 19.8 Å². The van der Waals surface area contributed by atoms with E-state index in [2.05, 4.69) is 5.32 Å². The highest BCUT2D eigenvalue weighted by Gasteiger charge is 2.19. The van der Waals surface area contributed by atoms with Crippen LogP contribution >= 0.6 is 0 Å². The molecule has 1 aromatic rings. The van der Waals surface area contributed by atoms with Gasteiger partial charge in [0.2, 0.25) is 0 Å². The lowest BCUT2D eigenvalue weighted by Crippen LogP contribution is -2.27. The van der Waals surface area contributed by atoms with Crippen LogP contribution in [0.25, 0.3) is 0 Å². The molecule has 0 aliphatic heterocycles. The summed E-state index contributed by atoms with van der Waals surface area (Å²) < 4.78 is 5.07. The number of amides is 1. The Morgan fingerprint density at radius 2 is 1.95 bits per heavy atom. The quantitative estimate of drug-likeness (QED) is 0.633. The van der Waals surface area contributed by atoms with E-state index in [1.54, 1.807) is 20.8 Å². The average Bonchev–Trinajstić information content (AvgIpc) is 2.28. The highest BCUT2D eigenvalue weighted by atomic mass is 16.6. The van der Waals surface area contributed by atoms with Gasteiger partial charge in [0.25, 0.3) is 0 Å². The largest absolute Gasteiger partial charge is 0.508 e. The third-order valence-corrected chi connectivity index (χ3v) is 2.40. The van der Waals surface area contributed by atoms with E-state index in [0.29, 0.717) is 0 Å². The molecule has 0 aliphatic carbocycles. The number of rotatable bonds is 4. The van der Waals surface area contributed by atoms with Crippen molar-refractivity contribution in [3.63, 3.8) is 0 Å². The summed E-state index contributed by atoms with van der Waals surface area (Å²) in [6.45, 7) is 5.14. The summed E-state index contributed by atoms with van der Waals surface area (Å²) in [4.78, 5) is 22.2. The van der Waals surface area contributed by atoms with Gasteiger partial charge >= 0.3 is 12.1 Å². The molecule has 1 aromatic carbocycles. The monoisotopic (exact) mass is 297 g/mol. The van der Waals surface area contributed by atoms with E-state index in [0.717, 1.165) is 0 Å². The Kier molecular flexibility index (Phi) is 5.15. The first kappa shape index (κ1) is 16.8. The first-order chi connectivity index (χ1) is 9.58. The molecule has 1 amide bonds. The van der Waals surface area contributed by atoms with E-state index in [-0.39, 0.29) is 17.0 Å². The molecule has 0 radical (unpaired) electrons. The van der Waals surface area contributed by atoms with Crippen molar-refractivity contribution in [3.05, 3.63) is 23.8 Å². The smallest absolute Gasteiger partial charge is 0.412 e. The molecular weight excluding hydrogens is 278 g/mol. The van der Waals surface area contributed by atoms with Crippen LogP contribution in [-0.4, -0.2) is 33.0 Å². The maximum atomic E-state index is 11.6. The Morgan fingerprint density at radius 1 is 1.33 bits per heavy atom. The van der Waals surface area contributed by atoms with Crippen LogP contribution in [0.2, 0.25) is 0 Å². The molecular formula is C14H19NO6. The van der Waals surface area contributed by atoms with E-state index in [4.69, 9.17) is 9.84 Å². The number of carboxylic acids is 1. The van der Waals surface area contributed by atoms with Gasteiger partial charge in [-0.25, -0.2) is 4.79 Å². The molecule has 7 nitrogen and oxygen atoms in total. The summed E-state index contributed by atoms with van der Waals surface area (Å²) in [6, 6.07) is 3.97. The summed E-state index contributed by atoms with van der Waals surface area (Å²) in [5.41, 5.74) is -0.362. The molecule has 0 spiro atoms. The van der Waals surface area contributed by atoms with Crippen molar-refractivity contribution >= 4 is 17.7 Å². The average molecular weight is 297 g/mol. The molecule has 0 bridgehead atoms. The number of hydrogen-bond acceptors (Lipinski definition) is 5. The number of aliphatic hydroxyl groups excluding tert-OH is 1. The maximum absolute atomic E-state index is 11.6. The van der Waals surface area contributed by atoms with Crippen LogP contribution in [0.1, 0.15) is 38.9 Å². The van der Waals surface area contributed by atoms with E-state index in [1.807, 2.05) is 0 Å². The van der Waals surface area contributed by atoms with Gasteiger partial charge in [-0.15, -0.1) is 0 Å².